The maximum absolute atomic E-state index is 2.31. The lowest BCUT2D eigenvalue weighted by Gasteiger charge is -2.04. The number of unbranched alkanes of at least 4 members (excludes halogenated alkanes) is 7. The minimum atomic E-state index is 0.971. The Morgan fingerprint density at radius 3 is 1.83 bits per heavy atom. The van der Waals surface area contributed by atoms with Crippen LogP contribution in [0.4, 0.5) is 0 Å². The average molecular weight is 323 g/mol. The fourth-order valence-electron chi connectivity index (χ4n) is 2.90. The van der Waals surface area contributed by atoms with Crippen molar-refractivity contribution in [3.05, 3.63) is 54.6 Å². The van der Waals surface area contributed by atoms with Crippen LogP contribution in [0, 0.1) is 0 Å². The van der Waals surface area contributed by atoms with Crippen molar-refractivity contribution in [2.75, 3.05) is 0 Å². The third-order valence-corrected chi connectivity index (χ3v) is 5.70. The molecule has 0 bridgehead atoms. The van der Waals surface area contributed by atoms with Gasteiger partial charge in [0.1, 0.15) is 0 Å². The molecule has 0 aliphatic carbocycles. The minimum Gasteiger partial charge on any atom is -0.0654 e. The van der Waals surface area contributed by atoms with Crippen molar-refractivity contribution in [2.45, 2.75) is 64.3 Å². The molecule has 0 saturated carbocycles. The molecule has 0 spiro atoms. The highest BCUT2D eigenvalue weighted by Crippen LogP contribution is 2.17. The largest absolute Gasteiger partial charge is 0.0807 e. The van der Waals surface area contributed by atoms with E-state index in [1.165, 1.54) is 73.7 Å². The van der Waals surface area contributed by atoms with E-state index in [4.69, 9.17) is 0 Å². The van der Waals surface area contributed by atoms with E-state index in [0.717, 1.165) is 9.52 Å². The van der Waals surface area contributed by atoms with Crippen molar-refractivity contribution in [3.63, 3.8) is 0 Å². The van der Waals surface area contributed by atoms with Gasteiger partial charge in [0.05, 0.1) is 9.52 Å². The zero-order chi connectivity index (χ0) is 16.2. The molecule has 0 unspecified atom stereocenters. The fraction of sp³-hybridized carbons (Fsp3) is 0.455. The standard InChI is InChI=1S/C22H30Si/c1-2-3-4-5-6-7-8-12-19-23-22-17-15-21(16-18-22)20-13-10-9-11-14-20/h9-11,13-18H,2-8,12,19H2,1H3. The quantitative estimate of drug-likeness (QED) is 0.339. The highest BCUT2D eigenvalue weighted by molar-refractivity contribution is 6.53. The predicted octanol–water partition coefficient (Wildman–Crippen LogP) is 6.24. The van der Waals surface area contributed by atoms with Crippen LogP contribution in [0.5, 0.6) is 0 Å². The summed E-state index contributed by atoms with van der Waals surface area (Å²) in [6, 6.07) is 21.2. The van der Waals surface area contributed by atoms with Crippen molar-refractivity contribution in [2.24, 2.45) is 0 Å². The van der Waals surface area contributed by atoms with Crippen molar-refractivity contribution in [1.29, 1.82) is 0 Å². The third-order valence-electron chi connectivity index (χ3n) is 4.35. The lowest BCUT2D eigenvalue weighted by molar-refractivity contribution is 0.585. The van der Waals surface area contributed by atoms with Gasteiger partial charge in [0.2, 0.25) is 0 Å². The third kappa shape index (κ3) is 7.17. The van der Waals surface area contributed by atoms with E-state index in [1.807, 2.05) is 0 Å². The number of hydrogen-bond acceptors (Lipinski definition) is 0. The Labute approximate surface area is 145 Å². The average Bonchev–Trinajstić information content (AvgIpc) is 2.62. The van der Waals surface area contributed by atoms with Crippen LogP contribution in [-0.2, 0) is 0 Å². The Kier molecular flexibility index (Phi) is 8.79. The fourth-order valence-corrected chi connectivity index (χ4v) is 4.02. The van der Waals surface area contributed by atoms with E-state index in [2.05, 4.69) is 61.5 Å². The van der Waals surface area contributed by atoms with Crippen molar-refractivity contribution >= 4 is 14.7 Å². The number of rotatable bonds is 11. The first-order chi connectivity index (χ1) is 11.4. The molecule has 0 N–H and O–H groups in total. The van der Waals surface area contributed by atoms with Gasteiger partial charge in [-0.05, 0) is 11.1 Å². The molecule has 0 heterocycles. The van der Waals surface area contributed by atoms with Gasteiger partial charge in [-0.15, -0.1) is 0 Å². The molecule has 122 valence electrons. The van der Waals surface area contributed by atoms with E-state index in [9.17, 15) is 0 Å². The van der Waals surface area contributed by atoms with Gasteiger partial charge in [-0.2, -0.15) is 0 Å². The summed E-state index contributed by atoms with van der Waals surface area (Å²) >= 11 is 0. The van der Waals surface area contributed by atoms with Gasteiger partial charge in [0.15, 0.2) is 0 Å². The number of hydrogen-bond donors (Lipinski definition) is 0. The van der Waals surface area contributed by atoms with Crippen LogP contribution in [-0.4, -0.2) is 9.52 Å². The van der Waals surface area contributed by atoms with E-state index in [0.29, 0.717) is 0 Å². The summed E-state index contributed by atoms with van der Waals surface area (Å²) in [5.74, 6) is 0. The molecule has 2 rings (SSSR count). The predicted molar refractivity (Wildman–Crippen MR) is 105 cm³/mol. The smallest absolute Gasteiger partial charge is 0.0654 e. The maximum atomic E-state index is 2.31. The van der Waals surface area contributed by atoms with Crippen LogP contribution in [0.25, 0.3) is 11.1 Å². The second-order valence-electron chi connectivity index (χ2n) is 6.35. The molecule has 0 aliphatic heterocycles. The molecule has 2 aromatic rings. The van der Waals surface area contributed by atoms with Gasteiger partial charge in [-0.1, -0.05) is 124 Å². The summed E-state index contributed by atoms with van der Waals surface area (Å²) in [6.45, 7) is 2.29. The van der Waals surface area contributed by atoms with Crippen molar-refractivity contribution < 1.29 is 0 Å². The Bertz CT molecular complexity index is 515. The Morgan fingerprint density at radius 2 is 1.17 bits per heavy atom. The molecule has 0 amide bonds. The summed E-state index contributed by atoms with van der Waals surface area (Å²) in [7, 11) is 0.971. The minimum absolute atomic E-state index is 0.971. The SMILES string of the molecule is CCCCCCCCCC[Si]c1ccc(-c2ccccc2)cc1. The summed E-state index contributed by atoms with van der Waals surface area (Å²) in [5, 5.41) is 1.51. The molecule has 2 radical (unpaired) electrons. The topological polar surface area (TPSA) is 0 Å². The molecule has 0 aliphatic rings. The molecule has 0 aromatic heterocycles. The van der Waals surface area contributed by atoms with E-state index in [-0.39, 0.29) is 0 Å². The van der Waals surface area contributed by atoms with Crippen LogP contribution >= 0.6 is 0 Å². The zero-order valence-electron chi connectivity index (χ0n) is 14.6. The monoisotopic (exact) mass is 322 g/mol. The maximum Gasteiger partial charge on any atom is 0.0807 e. The Hall–Kier alpha value is -1.34. The Morgan fingerprint density at radius 1 is 0.609 bits per heavy atom. The Balaban J connectivity index is 1.60. The molecule has 0 saturated heterocycles. The van der Waals surface area contributed by atoms with E-state index >= 15 is 0 Å². The van der Waals surface area contributed by atoms with Gasteiger partial charge < -0.3 is 0 Å². The van der Waals surface area contributed by atoms with Crippen molar-refractivity contribution in [1.82, 2.24) is 0 Å². The summed E-state index contributed by atoms with van der Waals surface area (Å²) < 4.78 is 0. The zero-order valence-corrected chi connectivity index (χ0v) is 15.6. The molecule has 23 heavy (non-hydrogen) atoms. The molecule has 0 nitrogen and oxygen atoms in total. The second-order valence-corrected chi connectivity index (χ2v) is 7.78. The lowest BCUT2D eigenvalue weighted by Crippen LogP contribution is -2.12. The first kappa shape index (κ1) is 18.0. The van der Waals surface area contributed by atoms with E-state index < -0.39 is 0 Å². The first-order valence-corrected chi connectivity index (χ1v) is 10.5. The number of benzene rings is 2. The lowest BCUT2D eigenvalue weighted by atomic mass is 10.1. The molecule has 0 fully saturated rings. The normalized spacial score (nSPS) is 10.8. The second kappa shape index (κ2) is 11.2. The van der Waals surface area contributed by atoms with Crippen LogP contribution in [0.1, 0.15) is 58.3 Å². The van der Waals surface area contributed by atoms with Crippen LogP contribution in [0.2, 0.25) is 6.04 Å². The molecular weight excluding hydrogens is 292 g/mol. The van der Waals surface area contributed by atoms with Gasteiger partial charge in [0, 0.05) is 0 Å². The molecule has 0 atom stereocenters. The molecule has 1 heteroatoms. The van der Waals surface area contributed by atoms with Crippen LogP contribution in [0.15, 0.2) is 54.6 Å². The van der Waals surface area contributed by atoms with Gasteiger partial charge in [-0.3, -0.25) is 0 Å². The molecular formula is C22H30Si. The molecule has 2 aromatic carbocycles. The summed E-state index contributed by atoms with van der Waals surface area (Å²) in [4.78, 5) is 0. The van der Waals surface area contributed by atoms with Gasteiger partial charge in [0.25, 0.3) is 0 Å². The highest BCUT2D eigenvalue weighted by atomic mass is 28.2. The highest BCUT2D eigenvalue weighted by Gasteiger charge is 1.99. The van der Waals surface area contributed by atoms with Gasteiger partial charge in [-0.25, -0.2) is 0 Å². The van der Waals surface area contributed by atoms with Crippen LogP contribution < -0.4 is 5.19 Å². The van der Waals surface area contributed by atoms with Crippen molar-refractivity contribution in [3.8, 4) is 11.1 Å². The van der Waals surface area contributed by atoms with Crippen LogP contribution in [0.3, 0.4) is 0 Å². The summed E-state index contributed by atoms with van der Waals surface area (Å²) in [6.07, 6.45) is 11.3. The first-order valence-electron chi connectivity index (χ1n) is 9.29. The van der Waals surface area contributed by atoms with Gasteiger partial charge >= 0.3 is 0 Å². The summed E-state index contributed by atoms with van der Waals surface area (Å²) in [5.41, 5.74) is 2.64. The van der Waals surface area contributed by atoms with E-state index in [1.54, 1.807) is 0 Å².